The van der Waals surface area contributed by atoms with Gasteiger partial charge in [-0.05, 0) is 32.9 Å². The minimum Gasteiger partial charge on any atom is -0.419 e. The van der Waals surface area contributed by atoms with E-state index in [1.54, 1.807) is 30.0 Å². The molecule has 0 bridgehead atoms. The summed E-state index contributed by atoms with van der Waals surface area (Å²) in [6.45, 7) is 9.66. The van der Waals surface area contributed by atoms with Gasteiger partial charge in [0.2, 0.25) is 11.8 Å². The van der Waals surface area contributed by atoms with Crippen LogP contribution < -0.4 is 0 Å². The third kappa shape index (κ3) is 4.90. The Morgan fingerprint density at radius 1 is 1.36 bits per heavy atom. The van der Waals surface area contributed by atoms with Crippen LogP contribution in [0.25, 0.3) is 11.5 Å². The summed E-state index contributed by atoms with van der Waals surface area (Å²) in [4.78, 5) is 14.2. The van der Waals surface area contributed by atoms with E-state index in [1.165, 1.54) is 0 Å². The first kappa shape index (κ1) is 19.1. The van der Waals surface area contributed by atoms with Crippen LogP contribution in [0.4, 0.5) is 0 Å². The molecule has 1 unspecified atom stereocenters. The highest BCUT2D eigenvalue weighted by Gasteiger charge is 2.25. The highest BCUT2D eigenvalue weighted by Crippen LogP contribution is 2.26. The Bertz CT molecular complexity index is 730. The molecule has 1 heterocycles. The average Bonchev–Trinajstić information content (AvgIpc) is 3.05. The number of nitrogens with zero attached hydrogens (tertiary/aromatic N) is 3. The molecule has 0 aliphatic carbocycles. The molecule has 0 radical (unpaired) electrons. The molecule has 0 N–H and O–H groups in total. The average molecular weight is 364 g/mol. The van der Waals surface area contributed by atoms with Gasteiger partial charge >= 0.3 is 0 Å². The standard InChI is InChI=1S/C18H22ClN3O3/c1-5-10-24-13(4)18(23)22(12(2)3)11-16-20-21-17(25-16)14-8-6-7-9-15(14)19/h5-9,12-13H,1,10-11H2,2-4H3. The van der Waals surface area contributed by atoms with Crippen LogP contribution in [-0.4, -0.2) is 39.8 Å². The summed E-state index contributed by atoms with van der Waals surface area (Å²) in [7, 11) is 0. The van der Waals surface area contributed by atoms with Crippen molar-refractivity contribution in [3.05, 3.63) is 47.8 Å². The molecule has 0 saturated heterocycles. The Balaban J connectivity index is 2.14. The number of benzene rings is 1. The van der Waals surface area contributed by atoms with E-state index < -0.39 is 6.10 Å². The van der Waals surface area contributed by atoms with E-state index >= 15 is 0 Å². The topological polar surface area (TPSA) is 68.5 Å². The summed E-state index contributed by atoms with van der Waals surface area (Å²) >= 11 is 6.15. The minimum absolute atomic E-state index is 0.0436. The van der Waals surface area contributed by atoms with Crippen LogP contribution in [-0.2, 0) is 16.1 Å². The van der Waals surface area contributed by atoms with Crippen LogP contribution in [0.2, 0.25) is 5.02 Å². The van der Waals surface area contributed by atoms with Crippen molar-refractivity contribution in [2.75, 3.05) is 6.61 Å². The smallest absolute Gasteiger partial charge is 0.252 e. The van der Waals surface area contributed by atoms with Gasteiger partial charge in [0.25, 0.3) is 5.91 Å². The fourth-order valence-electron chi connectivity index (χ4n) is 2.24. The molecule has 6 nitrogen and oxygen atoms in total. The molecule has 134 valence electrons. The second kappa shape index (κ2) is 8.78. The maximum Gasteiger partial charge on any atom is 0.252 e. The molecule has 1 atom stereocenters. The fraction of sp³-hybridized carbons (Fsp3) is 0.389. The van der Waals surface area contributed by atoms with E-state index in [0.29, 0.717) is 29.0 Å². The lowest BCUT2D eigenvalue weighted by molar-refractivity contribution is -0.144. The molecule has 7 heteroatoms. The first-order valence-electron chi connectivity index (χ1n) is 8.04. The molecule has 1 amide bonds. The van der Waals surface area contributed by atoms with Crippen molar-refractivity contribution in [2.45, 2.75) is 39.5 Å². The first-order valence-corrected chi connectivity index (χ1v) is 8.42. The molecule has 2 rings (SSSR count). The lowest BCUT2D eigenvalue weighted by Crippen LogP contribution is -2.42. The van der Waals surface area contributed by atoms with Gasteiger partial charge in [-0.1, -0.05) is 29.8 Å². The number of amides is 1. The van der Waals surface area contributed by atoms with Crippen LogP contribution >= 0.6 is 11.6 Å². The molecule has 0 aliphatic heterocycles. The van der Waals surface area contributed by atoms with Crippen molar-refractivity contribution in [3.8, 4) is 11.5 Å². The van der Waals surface area contributed by atoms with Gasteiger partial charge in [0.15, 0.2) is 0 Å². The molecule has 1 aromatic heterocycles. The largest absolute Gasteiger partial charge is 0.419 e. The quantitative estimate of drug-likeness (QED) is 0.668. The third-order valence-corrected chi connectivity index (χ3v) is 3.92. The molecule has 0 saturated carbocycles. The third-order valence-electron chi connectivity index (χ3n) is 3.59. The fourth-order valence-corrected chi connectivity index (χ4v) is 2.46. The number of hydrogen-bond acceptors (Lipinski definition) is 5. The van der Waals surface area contributed by atoms with Crippen LogP contribution in [0.1, 0.15) is 26.7 Å². The van der Waals surface area contributed by atoms with Gasteiger partial charge in [0.1, 0.15) is 6.10 Å². The zero-order valence-electron chi connectivity index (χ0n) is 14.6. The van der Waals surface area contributed by atoms with Gasteiger partial charge in [0.05, 0.1) is 23.7 Å². The highest BCUT2D eigenvalue weighted by atomic mass is 35.5. The number of ether oxygens (including phenoxy) is 1. The van der Waals surface area contributed by atoms with Gasteiger partial charge in [0, 0.05) is 6.04 Å². The van der Waals surface area contributed by atoms with E-state index in [1.807, 2.05) is 26.0 Å². The van der Waals surface area contributed by atoms with Crippen molar-refractivity contribution >= 4 is 17.5 Å². The molecule has 25 heavy (non-hydrogen) atoms. The Morgan fingerprint density at radius 3 is 2.72 bits per heavy atom. The van der Waals surface area contributed by atoms with Gasteiger partial charge in [-0.15, -0.1) is 16.8 Å². The van der Waals surface area contributed by atoms with Crippen molar-refractivity contribution in [1.82, 2.24) is 15.1 Å². The van der Waals surface area contributed by atoms with Gasteiger partial charge in [-0.25, -0.2) is 0 Å². The summed E-state index contributed by atoms with van der Waals surface area (Å²) in [5.41, 5.74) is 0.660. The predicted octanol–water partition coefficient (Wildman–Crippen LogP) is 3.72. The normalized spacial score (nSPS) is 12.2. The van der Waals surface area contributed by atoms with Crippen LogP contribution in [0.3, 0.4) is 0 Å². The number of carbonyl (C=O) groups excluding carboxylic acids is 1. The monoisotopic (exact) mass is 363 g/mol. The SMILES string of the molecule is C=CCOC(C)C(=O)N(Cc1nnc(-c2ccccc2Cl)o1)C(C)C. The zero-order valence-corrected chi connectivity index (χ0v) is 15.4. The lowest BCUT2D eigenvalue weighted by Gasteiger charge is -2.27. The summed E-state index contributed by atoms with van der Waals surface area (Å²) in [5, 5.41) is 8.59. The Morgan fingerprint density at radius 2 is 2.08 bits per heavy atom. The zero-order chi connectivity index (χ0) is 18.4. The number of aromatic nitrogens is 2. The van der Waals surface area contributed by atoms with E-state index in [4.69, 9.17) is 20.8 Å². The Hall–Kier alpha value is -2.18. The van der Waals surface area contributed by atoms with Crippen molar-refractivity contribution in [3.63, 3.8) is 0 Å². The van der Waals surface area contributed by atoms with Crippen molar-refractivity contribution in [2.24, 2.45) is 0 Å². The maximum atomic E-state index is 12.6. The van der Waals surface area contributed by atoms with E-state index in [-0.39, 0.29) is 18.5 Å². The molecule has 1 aromatic carbocycles. The molecular weight excluding hydrogens is 342 g/mol. The summed E-state index contributed by atoms with van der Waals surface area (Å²) < 4.78 is 11.1. The second-order valence-electron chi connectivity index (χ2n) is 5.80. The highest BCUT2D eigenvalue weighted by molar-refractivity contribution is 6.33. The van der Waals surface area contributed by atoms with Gasteiger partial charge < -0.3 is 14.1 Å². The predicted molar refractivity (Wildman–Crippen MR) is 96.0 cm³/mol. The van der Waals surface area contributed by atoms with Crippen LogP contribution in [0.5, 0.6) is 0 Å². The molecule has 0 spiro atoms. The van der Waals surface area contributed by atoms with Crippen LogP contribution in [0.15, 0.2) is 41.3 Å². The Kier molecular flexibility index (Phi) is 6.73. The van der Waals surface area contributed by atoms with E-state index in [2.05, 4.69) is 16.8 Å². The molecule has 0 aliphatic rings. The second-order valence-corrected chi connectivity index (χ2v) is 6.21. The Labute approximate surface area is 152 Å². The molecule has 2 aromatic rings. The van der Waals surface area contributed by atoms with Crippen molar-refractivity contribution in [1.29, 1.82) is 0 Å². The number of rotatable bonds is 8. The van der Waals surface area contributed by atoms with Gasteiger partial charge in [-0.2, -0.15) is 0 Å². The van der Waals surface area contributed by atoms with Crippen LogP contribution in [0, 0.1) is 0 Å². The minimum atomic E-state index is -0.577. The van der Waals surface area contributed by atoms with E-state index in [0.717, 1.165) is 0 Å². The van der Waals surface area contributed by atoms with Crippen molar-refractivity contribution < 1.29 is 13.9 Å². The lowest BCUT2D eigenvalue weighted by atomic mass is 10.2. The summed E-state index contributed by atoms with van der Waals surface area (Å²) in [5.74, 6) is 0.523. The summed E-state index contributed by atoms with van der Waals surface area (Å²) in [6.07, 6.45) is 1.03. The first-order chi connectivity index (χ1) is 11.9. The van der Waals surface area contributed by atoms with Gasteiger partial charge in [-0.3, -0.25) is 4.79 Å². The number of hydrogen-bond donors (Lipinski definition) is 0. The molecule has 0 fully saturated rings. The number of carbonyl (C=O) groups is 1. The number of halogens is 1. The summed E-state index contributed by atoms with van der Waals surface area (Å²) in [6, 6.07) is 7.18. The maximum absolute atomic E-state index is 12.6. The van der Waals surface area contributed by atoms with E-state index in [9.17, 15) is 4.79 Å². The molecular formula is C18H22ClN3O3.